The minimum absolute atomic E-state index is 0.0331. The first-order valence-corrected chi connectivity index (χ1v) is 12.2. The van der Waals surface area contributed by atoms with Crippen LogP contribution in [0, 0.1) is 18.3 Å². The smallest absolute Gasteiger partial charge is 0.320 e. The number of ether oxygens (including phenoxy) is 1. The Bertz CT molecular complexity index is 1330. The van der Waals surface area contributed by atoms with Crippen LogP contribution in [0.1, 0.15) is 76.7 Å². The number of cyclic esters (lactones) is 1. The van der Waals surface area contributed by atoms with Crippen LogP contribution in [0.3, 0.4) is 0 Å². The summed E-state index contributed by atoms with van der Waals surface area (Å²) < 4.78 is 5.53. The van der Waals surface area contributed by atoms with Gasteiger partial charge in [0.15, 0.2) is 11.6 Å². The zero-order valence-corrected chi connectivity index (χ0v) is 21.1. The molecule has 4 rings (SSSR count). The van der Waals surface area contributed by atoms with Crippen molar-refractivity contribution >= 4 is 29.2 Å². The molecule has 1 amide bonds. The molecule has 0 spiro atoms. The number of esters is 1. The molecule has 3 aliphatic rings. The maximum atomic E-state index is 14.1. The van der Waals surface area contributed by atoms with Crippen molar-refractivity contribution in [3.05, 3.63) is 63.9 Å². The number of hydrogen-bond donors (Lipinski definition) is 3. The second-order valence-corrected chi connectivity index (χ2v) is 9.89. The molecular formula is C28H29NO8. The van der Waals surface area contributed by atoms with E-state index in [1.807, 2.05) is 6.92 Å². The summed E-state index contributed by atoms with van der Waals surface area (Å²) in [5.41, 5.74) is -3.17. The first kappa shape index (κ1) is 26.2. The Kier molecular flexibility index (Phi) is 6.77. The predicted octanol–water partition coefficient (Wildman–Crippen LogP) is 2.88. The van der Waals surface area contributed by atoms with Crippen molar-refractivity contribution in [2.45, 2.75) is 59.2 Å². The summed E-state index contributed by atoms with van der Waals surface area (Å²) >= 11 is 0. The highest BCUT2D eigenvalue weighted by Gasteiger charge is 2.50. The summed E-state index contributed by atoms with van der Waals surface area (Å²) in [5.74, 6) is -4.35. The molecule has 9 nitrogen and oxygen atoms in total. The number of Topliss-reactive ketones (excluding diaryl/α,β-unsaturated/α-hetero) is 3. The van der Waals surface area contributed by atoms with Crippen LogP contribution in [0.4, 0.5) is 0 Å². The maximum absolute atomic E-state index is 14.1. The molecule has 37 heavy (non-hydrogen) atoms. The van der Waals surface area contributed by atoms with E-state index < -0.39 is 52.6 Å². The van der Waals surface area contributed by atoms with Crippen molar-refractivity contribution < 1.29 is 38.9 Å². The minimum atomic E-state index is -1.91. The number of hydrogen-bond acceptors (Lipinski definition) is 8. The quantitative estimate of drug-likeness (QED) is 0.388. The molecule has 0 aromatic heterocycles. The van der Waals surface area contributed by atoms with Gasteiger partial charge in [-0.15, -0.1) is 0 Å². The van der Waals surface area contributed by atoms with Crippen LogP contribution in [0.15, 0.2) is 41.6 Å². The van der Waals surface area contributed by atoms with Crippen molar-refractivity contribution in [1.29, 1.82) is 0 Å². The van der Waals surface area contributed by atoms with Gasteiger partial charge in [0, 0.05) is 29.2 Å². The van der Waals surface area contributed by atoms with Crippen LogP contribution in [0.5, 0.6) is 5.75 Å². The second-order valence-electron chi connectivity index (χ2n) is 9.89. The SMILES string of the molecule is CCC1/C=C\[C@H](O)[C@H](C)OC(=O)[C@@]2(C)C=CC(=O)NC3=C2C(=O)c2c(cc(C)c(O)c2C(=O)CC1)C3=O. The number of amides is 1. The van der Waals surface area contributed by atoms with Crippen molar-refractivity contribution in [3.8, 4) is 5.75 Å². The van der Waals surface area contributed by atoms with E-state index >= 15 is 0 Å². The average molecular weight is 508 g/mol. The lowest BCUT2D eigenvalue weighted by Crippen LogP contribution is -2.42. The lowest BCUT2D eigenvalue weighted by Gasteiger charge is -2.32. The number of aryl methyl sites for hydroxylation is 1. The van der Waals surface area contributed by atoms with E-state index in [2.05, 4.69) is 5.32 Å². The number of carbonyl (C=O) groups excluding carboxylic acids is 5. The Labute approximate surface area is 213 Å². The van der Waals surface area contributed by atoms with Crippen LogP contribution in [0.25, 0.3) is 0 Å². The molecule has 0 fully saturated rings. The lowest BCUT2D eigenvalue weighted by molar-refractivity contribution is -0.158. The van der Waals surface area contributed by atoms with E-state index in [1.165, 1.54) is 39.0 Å². The zero-order valence-electron chi connectivity index (χ0n) is 21.1. The summed E-state index contributed by atoms with van der Waals surface area (Å²) in [6.07, 6.45) is 4.22. The number of phenolic OH excluding ortho intramolecular Hbond substituents is 1. The summed E-state index contributed by atoms with van der Waals surface area (Å²) in [6.45, 7) is 6.24. The number of benzene rings is 1. The van der Waals surface area contributed by atoms with Gasteiger partial charge in [-0.1, -0.05) is 25.2 Å². The molecule has 0 radical (unpaired) electrons. The number of rotatable bonds is 1. The Balaban J connectivity index is 2.02. The first-order chi connectivity index (χ1) is 17.4. The normalized spacial score (nSPS) is 29.2. The molecule has 1 unspecified atom stereocenters. The van der Waals surface area contributed by atoms with Gasteiger partial charge in [0.1, 0.15) is 23.4 Å². The Hall–Kier alpha value is -3.85. The van der Waals surface area contributed by atoms with Crippen molar-refractivity contribution in [1.82, 2.24) is 5.32 Å². The van der Waals surface area contributed by atoms with Gasteiger partial charge >= 0.3 is 5.97 Å². The molecule has 0 saturated heterocycles. The molecule has 3 N–H and O–H groups in total. The number of phenols is 1. The number of aliphatic hydroxyl groups excluding tert-OH is 1. The minimum Gasteiger partial charge on any atom is -0.507 e. The third kappa shape index (κ3) is 4.33. The van der Waals surface area contributed by atoms with Gasteiger partial charge in [-0.2, -0.15) is 0 Å². The molecule has 4 atom stereocenters. The predicted molar refractivity (Wildman–Crippen MR) is 132 cm³/mol. The third-order valence-electron chi connectivity index (χ3n) is 7.33. The van der Waals surface area contributed by atoms with Crippen LogP contribution >= 0.6 is 0 Å². The number of carbonyl (C=O) groups is 5. The number of aromatic hydroxyl groups is 1. The van der Waals surface area contributed by atoms with Gasteiger partial charge in [0.25, 0.3) is 0 Å². The highest BCUT2D eigenvalue weighted by Crippen LogP contribution is 2.44. The molecule has 1 aliphatic carbocycles. The van der Waals surface area contributed by atoms with Crippen LogP contribution < -0.4 is 5.32 Å². The molecule has 9 heteroatoms. The Morgan fingerprint density at radius 2 is 1.81 bits per heavy atom. The summed E-state index contributed by atoms with van der Waals surface area (Å²) in [7, 11) is 0. The summed E-state index contributed by atoms with van der Waals surface area (Å²) in [4.78, 5) is 67.1. The molecular weight excluding hydrogens is 478 g/mol. The average Bonchev–Trinajstić information content (AvgIpc) is 2.99. The highest BCUT2D eigenvalue weighted by atomic mass is 16.6. The first-order valence-electron chi connectivity index (χ1n) is 12.2. The largest absolute Gasteiger partial charge is 0.507 e. The molecule has 2 heterocycles. The molecule has 0 saturated carbocycles. The van der Waals surface area contributed by atoms with Crippen molar-refractivity contribution in [3.63, 3.8) is 0 Å². The summed E-state index contributed by atoms with van der Waals surface area (Å²) in [6, 6.07) is 1.30. The van der Waals surface area contributed by atoms with E-state index in [1.54, 1.807) is 6.08 Å². The van der Waals surface area contributed by atoms with Gasteiger partial charge in [-0.25, -0.2) is 0 Å². The highest BCUT2D eigenvalue weighted by molar-refractivity contribution is 6.32. The number of nitrogens with one attached hydrogen (secondary N) is 1. The molecule has 2 bridgehead atoms. The van der Waals surface area contributed by atoms with Crippen LogP contribution in [-0.2, 0) is 14.3 Å². The van der Waals surface area contributed by atoms with Crippen LogP contribution in [0.2, 0.25) is 0 Å². The van der Waals surface area contributed by atoms with Gasteiger partial charge < -0.3 is 20.3 Å². The monoisotopic (exact) mass is 507 g/mol. The molecule has 2 aliphatic heterocycles. The van der Waals surface area contributed by atoms with Gasteiger partial charge in [-0.3, -0.25) is 24.0 Å². The molecule has 1 aromatic rings. The van der Waals surface area contributed by atoms with E-state index in [0.717, 1.165) is 6.08 Å². The standard InChI is InChI=1S/C28H29NO8/c1-5-15-6-8-17(30)14(3)37-27(36)28(4)11-10-19(32)29-23-22(28)26(35)20-16(25(23)34)12-13(2)24(33)21(20)18(31)9-7-15/h6,8,10-12,14-15,17,30,33H,5,7,9H2,1-4H3,(H,29,32)/b8-6-/t14-,15?,17-,28-/m0/s1. The van der Waals surface area contributed by atoms with Gasteiger partial charge in [-0.05, 0) is 51.2 Å². The van der Waals surface area contributed by atoms with Crippen LogP contribution in [-0.4, -0.2) is 51.6 Å². The lowest BCUT2D eigenvalue weighted by atomic mass is 9.71. The third-order valence-corrected chi connectivity index (χ3v) is 7.33. The van der Waals surface area contributed by atoms with E-state index in [-0.39, 0.29) is 45.9 Å². The number of aliphatic hydroxyl groups is 1. The topological polar surface area (TPSA) is 147 Å². The number of ketones is 3. The second kappa shape index (κ2) is 9.55. The maximum Gasteiger partial charge on any atom is 0.320 e. The Morgan fingerprint density at radius 3 is 2.49 bits per heavy atom. The van der Waals surface area contributed by atoms with Gasteiger partial charge in [0.2, 0.25) is 11.7 Å². The number of allylic oxidation sites excluding steroid dienone is 2. The van der Waals surface area contributed by atoms with Gasteiger partial charge in [0.05, 0.1) is 11.3 Å². The molecule has 194 valence electrons. The summed E-state index contributed by atoms with van der Waals surface area (Å²) in [5, 5.41) is 23.9. The van der Waals surface area contributed by atoms with Crippen molar-refractivity contribution in [2.75, 3.05) is 0 Å². The zero-order chi connectivity index (χ0) is 27.2. The fourth-order valence-electron chi connectivity index (χ4n) is 4.92. The molecule has 1 aromatic carbocycles. The van der Waals surface area contributed by atoms with Crippen molar-refractivity contribution in [2.24, 2.45) is 11.3 Å². The van der Waals surface area contributed by atoms with E-state index in [4.69, 9.17) is 4.74 Å². The fraction of sp³-hybridized carbons (Fsp3) is 0.393. The van der Waals surface area contributed by atoms with E-state index in [0.29, 0.717) is 12.8 Å². The fourth-order valence-corrected chi connectivity index (χ4v) is 4.92. The van der Waals surface area contributed by atoms with E-state index in [9.17, 15) is 34.2 Å². The Morgan fingerprint density at radius 1 is 1.11 bits per heavy atom.